The van der Waals surface area contributed by atoms with Crippen LogP contribution < -0.4 is 4.74 Å². The summed E-state index contributed by atoms with van der Waals surface area (Å²) in [6, 6.07) is 6.49. The quantitative estimate of drug-likeness (QED) is 0.0860. The van der Waals surface area contributed by atoms with Gasteiger partial charge in [-0.25, -0.2) is 0 Å². The first-order chi connectivity index (χ1) is 19.2. The van der Waals surface area contributed by atoms with Crippen molar-refractivity contribution >= 4 is 6.29 Å². The second-order valence-electron chi connectivity index (χ2n) is 11.9. The molecule has 0 radical (unpaired) electrons. The number of aldehydes is 1. The van der Waals surface area contributed by atoms with Gasteiger partial charge in [-0.05, 0) is 56.2 Å². The van der Waals surface area contributed by atoms with Gasteiger partial charge in [0.2, 0.25) is 0 Å². The van der Waals surface area contributed by atoms with Gasteiger partial charge in [-0.15, -0.1) is 0 Å². The van der Waals surface area contributed by atoms with E-state index in [2.05, 4.69) is 32.0 Å². The first kappa shape index (κ1) is 33.8. The predicted molar refractivity (Wildman–Crippen MR) is 164 cm³/mol. The Morgan fingerprint density at radius 2 is 1.46 bits per heavy atom. The molecule has 1 aromatic carbocycles. The highest BCUT2D eigenvalue weighted by Crippen LogP contribution is 2.26. The van der Waals surface area contributed by atoms with Crippen LogP contribution in [-0.4, -0.2) is 38.8 Å². The van der Waals surface area contributed by atoms with Gasteiger partial charge in [0.15, 0.2) is 0 Å². The maximum absolute atomic E-state index is 10.5. The van der Waals surface area contributed by atoms with Crippen molar-refractivity contribution in [1.82, 2.24) is 0 Å². The molecule has 1 aliphatic rings. The molecule has 4 heteroatoms. The van der Waals surface area contributed by atoms with Gasteiger partial charge in [-0.2, -0.15) is 0 Å². The molecule has 0 spiro atoms. The van der Waals surface area contributed by atoms with Crippen molar-refractivity contribution in [2.45, 2.75) is 148 Å². The number of aryl methyl sites for hydroxylation is 2. The Morgan fingerprint density at radius 3 is 2.13 bits per heavy atom. The Morgan fingerprint density at radius 1 is 0.821 bits per heavy atom. The van der Waals surface area contributed by atoms with Crippen LogP contribution in [0.25, 0.3) is 0 Å². The van der Waals surface area contributed by atoms with E-state index in [1.807, 2.05) is 0 Å². The summed E-state index contributed by atoms with van der Waals surface area (Å²) in [6.45, 7) is 7.48. The summed E-state index contributed by atoms with van der Waals surface area (Å²) in [7, 11) is 0. The summed E-state index contributed by atoms with van der Waals surface area (Å²) in [5.74, 6) is 1.48. The molecule has 39 heavy (non-hydrogen) atoms. The van der Waals surface area contributed by atoms with E-state index in [4.69, 9.17) is 14.2 Å². The van der Waals surface area contributed by atoms with E-state index in [0.29, 0.717) is 18.9 Å². The fourth-order valence-electron chi connectivity index (χ4n) is 5.57. The minimum Gasteiger partial charge on any atom is -0.491 e. The SMILES string of the molecule is CCCCCCCCCCCCCCCCOC[C@@H]1CO[C@@H](COc2cc(C)ccc2CCCCCC=O)C1. The molecule has 1 saturated heterocycles. The molecule has 1 aromatic rings. The minimum atomic E-state index is 0.153. The fraction of sp³-hybridized carbons (Fsp3) is 0.800. The number of carbonyl (C=O) groups is 1. The van der Waals surface area contributed by atoms with Crippen LogP contribution >= 0.6 is 0 Å². The standard InChI is InChI=1S/C35H60O4/c1-3-4-5-6-7-8-9-10-11-12-13-14-17-20-25-37-28-32-27-34(38-29-32)30-39-35-26-31(2)22-23-33(35)21-18-15-16-19-24-36/h22-24,26,32,34H,3-21,25,27-30H2,1-2H3/t32-,34-/m1/s1. The molecule has 4 nitrogen and oxygen atoms in total. The summed E-state index contributed by atoms with van der Waals surface area (Å²) < 4.78 is 18.3. The number of rotatable bonds is 26. The van der Waals surface area contributed by atoms with E-state index in [1.54, 1.807) is 0 Å². The molecule has 0 unspecified atom stereocenters. The molecule has 224 valence electrons. The maximum Gasteiger partial charge on any atom is 0.122 e. The van der Waals surface area contributed by atoms with Crippen LogP contribution in [0.5, 0.6) is 5.75 Å². The molecule has 1 aliphatic heterocycles. The van der Waals surface area contributed by atoms with Crippen molar-refractivity contribution in [2.24, 2.45) is 5.92 Å². The summed E-state index contributed by atoms with van der Waals surface area (Å²) in [5.41, 5.74) is 2.48. The molecule has 1 fully saturated rings. The third-order valence-electron chi connectivity index (χ3n) is 8.08. The fourth-order valence-corrected chi connectivity index (χ4v) is 5.57. The number of ether oxygens (including phenoxy) is 3. The molecule has 0 saturated carbocycles. The van der Waals surface area contributed by atoms with Gasteiger partial charge in [-0.1, -0.05) is 109 Å². The van der Waals surface area contributed by atoms with Crippen molar-refractivity contribution in [2.75, 3.05) is 26.4 Å². The first-order valence-electron chi connectivity index (χ1n) is 16.6. The van der Waals surface area contributed by atoms with Gasteiger partial charge >= 0.3 is 0 Å². The normalized spacial score (nSPS) is 17.1. The minimum absolute atomic E-state index is 0.153. The zero-order valence-corrected chi connectivity index (χ0v) is 25.6. The van der Waals surface area contributed by atoms with E-state index < -0.39 is 0 Å². The van der Waals surface area contributed by atoms with Crippen molar-refractivity contribution in [3.63, 3.8) is 0 Å². The Bertz CT molecular complexity index is 719. The Kier molecular flexibility index (Phi) is 20.2. The summed E-state index contributed by atoms with van der Waals surface area (Å²) >= 11 is 0. The molecule has 0 aromatic heterocycles. The van der Waals surface area contributed by atoms with E-state index in [-0.39, 0.29) is 6.10 Å². The summed E-state index contributed by atoms with van der Waals surface area (Å²) in [6.07, 6.45) is 26.5. The largest absolute Gasteiger partial charge is 0.491 e. The maximum atomic E-state index is 10.5. The topological polar surface area (TPSA) is 44.8 Å². The molecule has 0 bridgehead atoms. The number of carbonyl (C=O) groups excluding carboxylic acids is 1. The monoisotopic (exact) mass is 544 g/mol. The molecule has 0 aliphatic carbocycles. The lowest BCUT2D eigenvalue weighted by molar-refractivity contribution is -0.107. The first-order valence-corrected chi connectivity index (χ1v) is 16.6. The van der Waals surface area contributed by atoms with E-state index >= 15 is 0 Å². The lowest BCUT2D eigenvalue weighted by Gasteiger charge is -2.16. The van der Waals surface area contributed by atoms with Gasteiger partial charge < -0.3 is 19.0 Å². The average Bonchev–Trinajstić information content (AvgIpc) is 3.40. The molecule has 1 heterocycles. The lowest BCUT2D eigenvalue weighted by atomic mass is 10.0. The zero-order valence-electron chi connectivity index (χ0n) is 25.6. The summed E-state index contributed by atoms with van der Waals surface area (Å²) in [5, 5.41) is 0. The van der Waals surface area contributed by atoms with Crippen molar-refractivity contribution < 1.29 is 19.0 Å². The van der Waals surface area contributed by atoms with E-state index in [0.717, 1.165) is 64.0 Å². The molecule has 0 amide bonds. The molecule has 2 atom stereocenters. The highest BCUT2D eigenvalue weighted by atomic mass is 16.5. The highest BCUT2D eigenvalue weighted by molar-refractivity contribution is 5.48. The van der Waals surface area contributed by atoms with Gasteiger partial charge in [-0.3, -0.25) is 0 Å². The van der Waals surface area contributed by atoms with Crippen LogP contribution in [-0.2, 0) is 20.7 Å². The van der Waals surface area contributed by atoms with E-state index in [9.17, 15) is 4.79 Å². The third-order valence-corrected chi connectivity index (χ3v) is 8.08. The van der Waals surface area contributed by atoms with Crippen molar-refractivity contribution in [3.05, 3.63) is 29.3 Å². The van der Waals surface area contributed by atoms with Gasteiger partial charge in [0, 0.05) is 18.9 Å². The highest BCUT2D eigenvalue weighted by Gasteiger charge is 2.26. The van der Waals surface area contributed by atoms with Crippen LogP contribution in [0.4, 0.5) is 0 Å². The van der Waals surface area contributed by atoms with Crippen LogP contribution in [0.15, 0.2) is 18.2 Å². The van der Waals surface area contributed by atoms with Crippen molar-refractivity contribution in [3.8, 4) is 5.75 Å². The summed E-state index contributed by atoms with van der Waals surface area (Å²) in [4.78, 5) is 10.5. The molecular formula is C35H60O4. The van der Waals surface area contributed by atoms with Crippen LogP contribution in [0.2, 0.25) is 0 Å². The van der Waals surface area contributed by atoms with Crippen LogP contribution in [0.1, 0.15) is 140 Å². The van der Waals surface area contributed by atoms with Crippen LogP contribution in [0, 0.1) is 12.8 Å². The number of benzene rings is 1. The van der Waals surface area contributed by atoms with Crippen LogP contribution in [0.3, 0.4) is 0 Å². The second kappa shape index (κ2) is 23.3. The molecule has 2 rings (SSSR count). The molecule has 0 N–H and O–H groups in total. The Labute approximate surface area is 241 Å². The smallest absolute Gasteiger partial charge is 0.122 e. The number of hydrogen-bond acceptors (Lipinski definition) is 4. The van der Waals surface area contributed by atoms with E-state index in [1.165, 1.54) is 101 Å². The number of hydrogen-bond donors (Lipinski definition) is 0. The molecular weight excluding hydrogens is 484 g/mol. The number of unbranched alkanes of at least 4 members (excludes halogenated alkanes) is 16. The zero-order chi connectivity index (χ0) is 27.8. The Hall–Kier alpha value is -1.39. The van der Waals surface area contributed by atoms with Gasteiger partial charge in [0.1, 0.15) is 18.6 Å². The Balaban J connectivity index is 1.43. The lowest BCUT2D eigenvalue weighted by Crippen LogP contribution is -2.18. The average molecular weight is 545 g/mol. The predicted octanol–water partition coefficient (Wildman–Crippen LogP) is 9.58. The second-order valence-corrected chi connectivity index (χ2v) is 11.9. The van der Waals surface area contributed by atoms with Crippen molar-refractivity contribution in [1.29, 1.82) is 0 Å². The van der Waals surface area contributed by atoms with Gasteiger partial charge in [0.05, 0.1) is 19.3 Å². The third kappa shape index (κ3) is 17.1. The van der Waals surface area contributed by atoms with Gasteiger partial charge in [0.25, 0.3) is 0 Å².